The molecule has 0 spiro atoms. The van der Waals surface area contributed by atoms with Gasteiger partial charge in [-0.25, -0.2) is 9.59 Å². The number of amides is 1. The van der Waals surface area contributed by atoms with Crippen LogP contribution in [-0.2, 0) is 14.3 Å². The van der Waals surface area contributed by atoms with Gasteiger partial charge in [0.05, 0.1) is 6.61 Å². The molecule has 5 heteroatoms. The van der Waals surface area contributed by atoms with E-state index in [0.717, 1.165) is 0 Å². The number of cyclic esters (lactones) is 1. The number of alkyl carbamates (subject to hydrolysis) is 1. The molecule has 5 nitrogen and oxygen atoms in total. The number of carbonyl (C=O) groups excluding carboxylic acids is 2. The molecule has 1 aliphatic rings. The number of hydrogen-bond donors (Lipinski definition) is 1. The van der Waals surface area contributed by atoms with Crippen molar-refractivity contribution in [1.29, 1.82) is 0 Å². The summed E-state index contributed by atoms with van der Waals surface area (Å²) in [7, 11) is 0. The summed E-state index contributed by atoms with van der Waals surface area (Å²) in [5.74, 6) is -0.393. The fourth-order valence-electron chi connectivity index (χ4n) is 1.08. The maximum Gasteiger partial charge on any atom is 0.408 e. The molecule has 1 amide bonds. The van der Waals surface area contributed by atoms with E-state index in [9.17, 15) is 9.59 Å². The molecule has 1 aliphatic heterocycles. The van der Waals surface area contributed by atoms with Crippen molar-refractivity contribution in [3.8, 4) is 0 Å². The summed E-state index contributed by atoms with van der Waals surface area (Å²) in [5.41, 5.74) is -0.549. The molecule has 0 bridgehead atoms. The van der Waals surface area contributed by atoms with Crippen molar-refractivity contribution in [2.45, 2.75) is 38.8 Å². The Kier molecular flexibility index (Phi) is 2.98. The van der Waals surface area contributed by atoms with Crippen LogP contribution in [0.25, 0.3) is 0 Å². The van der Waals surface area contributed by atoms with E-state index in [1.54, 1.807) is 20.8 Å². The Labute approximate surface area is 82.8 Å². The van der Waals surface area contributed by atoms with Crippen LogP contribution in [0.2, 0.25) is 0 Å². The standard InChI is InChI=1S/C9H15NO4/c1-9(2,3)14-8(12)10-6-4-5-13-7(6)11/h6H,4-5H2,1-3H3,(H,10,12)/t6-/m0/s1. The second-order valence-electron chi connectivity index (χ2n) is 4.15. The maximum absolute atomic E-state index is 11.2. The molecule has 0 aromatic carbocycles. The lowest BCUT2D eigenvalue weighted by Crippen LogP contribution is -2.41. The first-order chi connectivity index (χ1) is 6.38. The zero-order chi connectivity index (χ0) is 10.8. The van der Waals surface area contributed by atoms with E-state index >= 15 is 0 Å². The minimum atomic E-state index is -0.582. The Balaban J connectivity index is 2.37. The van der Waals surface area contributed by atoms with Crippen molar-refractivity contribution in [2.75, 3.05) is 6.61 Å². The smallest absolute Gasteiger partial charge is 0.408 e. The minimum Gasteiger partial charge on any atom is -0.464 e. The topological polar surface area (TPSA) is 64.6 Å². The van der Waals surface area contributed by atoms with E-state index in [4.69, 9.17) is 4.74 Å². The normalized spacial score (nSPS) is 21.6. The van der Waals surface area contributed by atoms with Gasteiger partial charge in [-0.05, 0) is 20.8 Å². The van der Waals surface area contributed by atoms with Crippen molar-refractivity contribution in [1.82, 2.24) is 5.32 Å². The highest BCUT2D eigenvalue weighted by Crippen LogP contribution is 2.09. The van der Waals surface area contributed by atoms with Gasteiger partial charge in [0.15, 0.2) is 0 Å². The van der Waals surface area contributed by atoms with Crippen molar-refractivity contribution >= 4 is 12.1 Å². The summed E-state index contributed by atoms with van der Waals surface area (Å²) in [4.78, 5) is 22.2. The van der Waals surface area contributed by atoms with Crippen LogP contribution in [0.1, 0.15) is 27.2 Å². The second-order valence-corrected chi connectivity index (χ2v) is 4.15. The highest BCUT2D eigenvalue weighted by molar-refractivity contribution is 5.82. The van der Waals surface area contributed by atoms with Gasteiger partial charge in [0.2, 0.25) is 0 Å². The van der Waals surface area contributed by atoms with Gasteiger partial charge < -0.3 is 14.8 Å². The monoisotopic (exact) mass is 201 g/mol. The maximum atomic E-state index is 11.2. The van der Waals surface area contributed by atoms with Crippen LogP contribution < -0.4 is 5.32 Å². The fraction of sp³-hybridized carbons (Fsp3) is 0.778. The summed E-state index contributed by atoms with van der Waals surface area (Å²) in [5, 5.41) is 2.45. The third-order valence-electron chi connectivity index (χ3n) is 1.63. The quantitative estimate of drug-likeness (QED) is 0.638. The molecular formula is C9H15NO4. The highest BCUT2D eigenvalue weighted by atomic mass is 16.6. The van der Waals surface area contributed by atoms with Crippen molar-refractivity contribution in [2.24, 2.45) is 0 Å². The molecule has 1 fully saturated rings. The van der Waals surface area contributed by atoms with Crippen molar-refractivity contribution in [3.05, 3.63) is 0 Å². The molecule has 1 heterocycles. The molecule has 14 heavy (non-hydrogen) atoms. The van der Waals surface area contributed by atoms with E-state index in [2.05, 4.69) is 10.1 Å². The highest BCUT2D eigenvalue weighted by Gasteiger charge is 2.29. The van der Waals surface area contributed by atoms with E-state index in [1.165, 1.54) is 0 Å². The number of rotatable bonds is 1. The van der Waals surface area contributed by atoms with Gasteiger partial charge in [0.1, 0.15) is 11.6 Å². The average Bonchev–Trinajstić information content (AvgIpc) is 2.32. The first-order valence-electron chi connectivity index (χ1n) is 4.54. The van der Waals surface area contributed by atoms with Gasteiger partial charge in [-0.15, -0.1) is 0 Å². The Hall–Kier alpha value is -1.26. The SMILES string of the molecule is CC(C)(C)OC(=O)N[C@H]1CCOC1=O. The predicted octanol–water partition coefficient (Wildman–Crippen LogP) is 0.827. The molecule has 0 aromatic heterocycles. The molecule has 1 rings (SSSR count). The van der Waals surface area contributed by atoms with Crippen LogP contribution >= 0.6 is 0 Å². The molecular weight excluding hydrogens is 186 g/mol. The van der Waals surface area contributed by atoms with Crippen LogP contribution in [0.15, 0.2) is 0 Å². The van der Waals surface area contributed by atoms with Crippen LogP contribution in [0.5, 0.6) is 0 Å². The second kappa shape index (κ2) is 3.86. The summed E-state index contributed by atoms with van der Waals surface area (Å²) in [6, 6.07) is -0.551. The molecule has 1 saturated heterocycles. The molecule has 0 aliphatic carbocycles. The lowest BCUT2D eigenvalue weighted by atomic mass is 10.2. The minimum absolute atomic E-state index is 0.360. The average molecular weight is 201 g/mol. The zero-order valence-corrected chi connectivity index (χ0v) is 8.62. The summed E-state index contributed by atoms with van der Waals surface area (Å²) in [6.45, 7) is 5.65. The number of ether oxygens (including phenoxy) is 2. The molecule has 1 atom stereocenters. The Morgan fingerprint density at radius 3 is 2.64 bits per heavy atom. The van der Waals surface area contributed by atoms with Crippen LogP contribution in [0, 0.1) is 0 Å². The number of nitrogens with one attached hydrogen (secondary N) is 1. The van der Waals surface area contributed by atoms with Crippen LogP contribution in [-0.4, -0.2) is 30.3 Å². The Bertz CT molecular complexity index is 244. The van der Waals surface area contributed by atoms with E-state index < -0.39 is 23.7 Å². The Morgan fingerprint density at radius 2 is 2.21 bits per heavy atom. The molecule has 0 unspecified atom stereocenters. The Morgan fingerprint density at radius 1 is 1.57 bits per heavy atom. The van der Waals surface area contributed by atoms with Gasteiger partial charge in [-0.1, -0.05) is 0 Å². The van der Waals surface area contributed by atoms with Gasteiger partial charge in [0, 0.05) is 6.42 Å². The summed E-state index contributed by atoms with van der Waals surface area (Å²) >= 11 is 0. The predicted molar refractivity (Wildman–Crippen MR) is 48.7 cm³/mol. The molecule has 80 valence electrons. The van der Waals surface area contributed by atoms with Gasteiger partial charge in [-0.2, -0.15) is 0 Å². The molecule has 1 N–H and O–H groups in total. The molecule has 0 radical (unpaired) electrons. The van der Waals surface area contributed by atoms with Crippen LogP contribution in [0.3, 0.4) is 0 Å². The van der Waals surface area contributed by atoms with Crippen LogP contribution in [0.4, 0.5) is 4.79 Å². The lowest BCUT2D eigenvalue weighted by molar-refractivity contribution is -0.139. The molecule has 0 saturated carbocycles. The third-order valence-corrected chi connectivity index (χ3v) is 1.63. The van der Waals surface area contributed by atoms with Gasteiger partial charge >= 0.3 is 12.1 Å². The van der Waals surface area contributed by atoms with E-state index in [0.29, 0.717) is 13.0 Å². The van der Waals surface area contributed by atoms with E-state index in [1.807, 2.05) is 0 Å². The van der Waals surface area contributed by atoms with Gasteiger partial charge in [-0.3, -0.25) is 0 Å². The zero-order valence-electron chi connectivity index (χ0n) is 8.62. The largest absolute Gasteiger partial charge is 0.464 e. The van der Waals surface area contributed by atoms with Crippen molar-refractivity contribution < 1.29 is 19.1 Å². The summed E-state index contributed by atoms with van der Waals surface area (Å²) in [6.07, 6.45) is -0.0701. The first kappa shape index (κ1) is 10.8. The number of hydrogen-bond acceptors (Lipinski definition) is 4. The third kappa shape index (κ3) is 3.24. The van der Waals surface area contributed by atoms with Gasteiger partial charge in [0.25, 0.3) is 0 Å². The fourth-order valence-corrected chi connectivity index (χ4v) is 1.08. The van der Waals surface area contributed by atoms with Crippen molar-refractivity contribution in [3.63, 3.8) is 0 Å². The molecule has 0 aromatic rings. The first-order valence-corrected chi connectivity index (χ1v) is 4.54. The van der Waals surface area contributed by atoms with E-state index in [-0.39, 0.29) is 0 Å². The summed E-state index contributed by atoms with van der Waals surface area (Å²) < 4.78 is 9.68. The number of esters is 1. The number of carbonyl (C=O) groups is 2. The lowest BCUT2D eigenvalue weighted by Gasteiger charge is -2.20.